The van der Waals surface area contributed by atoms with Crippen LogP contribution in [-0.4, -0.2) is 27.6 Å². The Balaban J connectivity index is 1.51. The van der Waals surface area contributed by atoms with E-state index >= 15 is 0 Å². The van der Waals surface area contributed by atoms with Crippen molar-refractivity contribution in [3.63, 3.8) is 0 Å². The van der Waals surface area contributed by atoms with E-state index in [1.54, 1.807) is 6.20 Å². The van der Waals surface area contributed by atoms with Gasteiger partial charge in [0.1, 0.15) is 0 Å². The lowest BCUT2D eigenvalue weighted by Gasteiger charge is -2.25. The van der Waals surface area contributed by atoms with Gasteiger partial charge in [-0.05, 0) is 30.4 Å². The summed E-state index contributed by atoms with van der Waals surface area (Å²) in [6, 6.07) is 9.37. The first kappa shape index (κ1) is 11.4. The monoisotopic (exact) mass is 242 g/mol. The molecule has 0 radical (unpaired) electrons. The third kappa shape index (κ3) is 2.59. The Morgan fingerprint density at radius 1 is 1.28 bits per heavy atom. The van der Waals surface area contributed by atoms with Gasteiger partial charge in [0.25, 0.3) is 0 Å². The minimum atomic E-state index is 0.600. The van der Waals surface area contributed by atoms with Gasteiger partial charge >= 0.3 is 0 Å². The van der Waals surface area contributed by atoms with Crippen LogP contribution >= 0.6 is 0 Å². The van der Waals surface area contributed by atoms with Crippen molar-refractivity contribution < 1.29 is 0 Å². The topological polar surface area (TPSA) is 42.7 Å². The van der Waals surface area contributed by atoms with Gasteiger partial charge in [0.15, 0.2) is 0 Å². The molecule has 1 N–H and O–H groups in total. The summed E-state index contributed by atoms with van der Waals surface area (Å²) in [7, 11) is 0. The van der Waals surface area contributed by atoms with Gasteiger partial charge < -0.3 is 5.32 Å². The molecule has 94 valence electrons. The molecule has 0 fully saturated rings. The molecule has 3 rings (SSSR count). The van der Waals surface area contributed by atoms with Crippen molar-refractivity contribution in [2.24, 2.45) is 0 Å². The van der Waals surface area contributed by atoms with Crippen molar-refractivity contribution in [2.75, 3.05) is 6.54 Å². The molecule has 0 spiro atoms. The summed E-state index contributed by atoms with van der Waals surface area (Å²) in [6.07, 6.45) is 7.19. The molecule has 0 saturated heterocycles. The van der Waals surface area contributed by atoms with Crippen molar-refractivity contribution in [3.05, 3.63) is 47.8 Å². The minimum Gasteiger partial charge on any atom is -0.312 e. The first-order valence-corrected chi connectivity index (χ1v) is 6.56. The zero-order valence-electron chi connectivity index (χ0n) is 10.4. The Labute approximate surface area is 107 Å². The molecule has 1 aliphatic rings. The summed E-state index contributed by atoms with van der Waals surface area (Å²) in [6.45, 7) is 1.84. The molecular weight excluding hydrogens is 224 g/mol. The normalized spacial score (nSPS) is 18.6. The highest BCUT2D eigenvalue weighted by Crippen LogP contribution is 2.20. The van der Waals surface area contributed by atoms with Crippen LogP contribution in [0, 0.1) is 0 Å². The number of aromatic nitrogens is 3. The highest BCUT2D eigenvalue weighted by Gasteiger charge is 2.17. The quantitative estimate of drug-likeness (QED) is 0.882. The predicted molar refractivity (Wildman–Crippen MR) is 70.3 cm³/mol. The largest absolute Gasteiger partial charge is 0.312 e. The Kier molecular flexibility index (Phi) is 3.37. The van der Waals surface area contributed by atoms with E-state index in [1.165, 1.54) is 24.0 Å². The van der Waals surface area contributed by atoms with Crippen LogP contribution in [0.5, 0.6) is 0 Å². The SMILES string of the molecule is c1ccc2c(c1)CC[C@@H](NCCn1ccnn1)C2. The summed E-state index contributed by atoms with van der Waals surface area (Å²) >= 11 is 0. The van der Waals surface area contributed by atoms with E-state index < -0.39 is 0 Å². The lowest BCUT2D eigenvalue weighted by Crippen LogP contribution is -2.36. The number of nitrogens with one attached hydrogen (secondary N) is 1. The maximum atomic E-state index is 3.96. The molecule has 0 saturated carbocycles. The zero-order chi connectivity index (χ0) is 12.2. The van der Waals surface area contributed by atoms with E-state index in [2.05, 4.69) is 39.9 Å². The van der Waals surface area contributed by atoms with Crippen LogP contribution in [0.25, 0.3) is 0 Å². The highest BCUT2D eigenvalue weighted by atomic mass is 15.4. The van der Waals surface area contributed by atoms with Gasteiger partial charge in [-0.15, -0.1) is 5.10 Å². The molecule has 18 heavy (non-hydrogen) atoms. The summed E-state index contributed by atoms with van der Waals surface area (Å²) < 4.78 is 1.86. The van der Waals surface area contributed by atoms with Crippen LogP contribution in [0.2, 0.25) is 0 Å². The molecule has 0 unspecified atom stereocenters. The highest BCUT2D eigenvalue weighted by molar-refractivity contribution is 5.30. The average Bonchev–Trinajstić information content (AvgIpc) is 2.92. The average molecular weight is 242 g/mol. The van der Waals surface area contributed by atoms with Gasteiger partial charge in [-0.25, -0.2) is 0 Å². The van der Waals surface area contributed by atoms with E-state index in [1.807, 2.05) is 10.9 Å². The van der Waals surface area contributed by atoms with Crippen LogP contribution in [0.3, 0.4) is 0 Å². The van der Waals surface area contributed by atoms with Crippen molar-refractivity contribution in [1.82, 2.24) is 20.3 Å². The molecule has 0 bridgehead atoms. The first-order valence-electron chi connectivity index (χ1n) is 6.56. The fourth-order valence-corrected chi connectivity index (χ4v) is 2.61. The third-order valence-electron chi connectivity index (χ3n) is 3.59. The Morgan fingerprint density at radius 2 is 2.17 bits per heavy atom. The Morgan fingerprint density at radius 3 is 3.00 bits per heavy atom. The summed E-state index contributed by atoms with van der Waals surface area (Å²) in [5, 5.41) is 11.4. The van der Waals surface area contributed by atoms with E-state index in [9.17, 15) is 0 Å². The van der Waals surface area contributed by atoms with E-state index in [0.29, 0.717) is 6.04 Å². The number of nitrogens with zero attached hydrogens (tertiary/aromatic N) is 3. The second-order valence-electron chi connectivity index (χ2n) is 4.83. The van der Waals surface area contributed by atoms with Crippen LogP contribution in [-0.2, 0) is 19.4 Å². The molecule has 4 heteroatoms. The lowest BCUT2D eigenvalue weighted by atomic mass is 9.88. The predicted octanol–water partition coefficient (Wildman–Crippen LogP) is 1.43. The van der Waals surface area contributed by atoms with Gasteiger partial charge in [0, 0.05) is 18.8 Å². The summed E-state index contributed by atoms with van der Waals surface area (Å²) in [5.74, 6) is 0. The molecule has 1 atom stereocenters. The fourth-order valence-electron chi connectivity index (χ4n) is 2.61. The van der Waals surface area contributed by atoms with E-state index in [-0.39, 0.29) is 0 Å². The van der Waals surface area contributed by atoms with Crippen LogP contribution in [0.4, 0.5) is 0 Å². The van der Waals surface area contributed by atoms with Gasteiger partial charge in [-0.3, -0.25) is 4.68 Å². The summed E-state index contributed by atoms with van der Waals surface area (Å²) in [4.78, 5) is 0. The fraction of sp³-hybridized carbons (Fsp3) is 0.429. The van der Waals surface area contributed by atoms with Gasteiger partial charge in [0.2, 0.25) is 0 Å². The zero-order valence-corrected chi connectivity index (χ0v) is 10.4. The Hall–Kier alpha value is -1.68. The molecule has 0 aliphatic heterocycles. The second-order valence-corrected chi connectivity index (χ2v) is 4.83. The van der Waals surface area contributed by atoms with E-state index in [4.69, 9.17) is 0 Å². The van der Waals surface area contributed by atoms with Gasteiger partial charge in [0.05, 0.1) is 12.7 Å². The van der Waals surface area contributed by atoms with Gasteiger partial charge in [-0.1, -0.05) is 29.5 Å². The maximum Gasteiger partial charge on any atom is 0.0692 e. The van der Waals surface area contributed by atoms with Crippen molar-refractivity contribution in [3.8, 4) is 0 Å². The molecular formula is C14H18N4. The van der Waals surface area contributed by atoms with Crippen molar-refractivity contribution in [1.29, 1.82) is 0 Å². The number of hydrogen-bond donors (Lipinski definition) is 1. The number of aryl methyl sites for hydroxylation is 1. The third-order valence-corrected chi connectivity index (χ3v) is 3.59. The number of hydrogen-bond acceptors (Lipinski definition) is 3. The molecule has 1 aromatic carbocycles. The molecule has 1 heterocycles. The van der Waals surface area contributed by atoms with Crippen LogP contribution in [0.1, 0.15) is 17.5 Å². The summed E-state index contributed by atoms with van der Waals surface area (Å²) in [5.41, 5.74) is 3.02. The smallest absolute Gasteiger partial charge is 0.0692 e. The second kappa shape index (κ2) is 5.31. The molecule has 0 amide bonds. The Bertz CT molecular complexity index is 492. The van der Waals surface area contributed by atoms with Crippen LogP contribution < -0.4 is 5.32 Å². The standard InChI is InChI=1S/C14H18N4/c1-2-4-13-11-14(6-5-12(13)3-1)15-7-9-18-10-8-16-17-18/h1-4,8,10,14-15H,5-7,9,11H2/t14-/m1/s1. The maximum absolute atomic E-state index is 3.96. The minimum absolute atomic E-state index is 0.600. The van der Waals surface area contributed by atoms with Crippen molar-refractivity contribution in [2.45, 2.75) is 31.8 Å². The molecule has 4 nitrogen and oxygen atoms in total. The molecule has 1 aliphatic carbocycles. The number of fused-ring (bicyclic) bond motifs is 1. The van der Waals surface area contributed by atoms with Gasteiger partial charge in [-0.2, -0.15) is 0 Å². The molecule has 2 aromatic rings. The van der Waals surface area contributed by atoms with E-state index in [0.717, 1.165) is 19.5 Å². The van der Waals surface area contributed by atoms with Crippen molar-refractivity contribution >= 4 is 0 Å². The number of rotatable bonds is 4. The molecule has 1 aromatic heterocycles. The first-order chi connectivity index (χ1) is 8.92. The van der Waals surface area contributed by atoms with Crippen LogP contribution in [0.15, 0.2) is 36.7 Å². The number of benzene rings is 1. The lowest BCUT2D eigenvalue weighted by molar-refractivity contribution is 0.433.